The zero-order chi connectivity index (χ0) is 14.7. The van der Waals surface area contributed by atoms with Crippen molar-refractivity contribution in [1.29, 1.82) is 0 Å². The molecule has 0 spiro atoms. The van der Waals surface area contributed by atoms with Crippen LogP contribution in [0.15, 0.2) is 0 Å². The third-order valence-electron chi connectivity index (χ3n) is 3.94. The molecule has 2 rings (SSSR count). The molecule has 2 fully saturated rings. The Balaban J connectivity index is 1.96. The second kappa shape index (κ2) is 6.19. The van der Waals surface area contributed by atoms with Crippen molar-refractivity contribution in [3.8, 4) is 0 Å². The lowest BCUT2D eigenvalue weighted by Gasteiger charge is -2.14. The van der Waals surface area contributed by atoms with Crippen molar-refractivity contribution in [1.82, 2.24) is 0 Å². The monoisotopic (exact) mass is 285 g/mol. The molecule has 0 aromatic rings. The first-order valence-corrected chi connectivity index (χ1v) is 7.07. The fourth-order valence-electron chi connectivity index (χ4n) is 2.91. The minimum Gasteiger partial charge on any atom is -0.458 e. The van der Waals surface area contributed by atoms with E-state index in [0.717, 1.165) is 25.7 Å². The first-order valence-electron chi connectivity index (χ1n) is 7.07. The van der Waals surface area contributed by atoms with E-state index in [-0.39, 0.29) is 0 Å². The zero-order valence-corrected chi connectivity index (χ0v) is 11.4. The Hall–Kier alpha value is -1.66. The fourth-order valence-corrected chi connectivity index (χ4v) is 2.91. The van der Waals surface area contributed by atoms with Crippen molar-refractivity contribution < 1.29 is 24.0 Å². The Morgan fingerprint density at radius 1 is 1.15 bits per heavy atom. The summed E-state index contributed by atoms with van der Waals surface area (Å²) in [4.78, 5) is 33.5. The van der Waals surface area contributed by atoms with E-state index < -0.39 is 47.5 Å². The summed E-state index contributed by atoms with van der Waals surface area (Å²) < 4.78 is 10.4. The quantitative estimate of drug-likeness (QED) is 0.303. The molecule has 2 saturated heterocycles. The van der Waals surface area contributed by atoms with E-state index in [1.54, 1.807) is 0 Å². The van der Waals surface area contributed by atoms with Crippen molar-refractivity contribution in [2.75, 3.05) is 6.54 Å². The lowest BCUT2D eigenvalue weighted by Crippen LogP contribution is -2.29. The van der Waals surface area contributed by atoms with Crippen molar-refractivity contribution in [3.05, 3.63) is 10.1 Å². The Bertz CT molecular complexity index is 410. The van der Waals surface area contributed by atoms with Crippen LogP contribution in [0.1, 0.15) is 39.0 Å². The van der Waals surface area contributed by atoms with Crippen LogP contribution in [0.2, 0.25) is 0 Å². The molecule has 0 aromatic carbocycles. The second-order valence-corrected chi connectivity index (χ2v) is 5.37. The topological polar surface area (TPSA) is 95.7 Å². The number of carbonyl (C=O) groups is 2. The summed E-state index contributed by atoms with van der Waals surface area (Å²) in [5.74, 6) is -2.98. The molecule has 0 bridgehead atoms. The lowest BCUT2D eigenvalue weighted by atomic mass is 9.89. The normalized spacial score (nSPS) is 31.9. The number of rotatable bonds is 7. The van der Waals surface area contributed by atoms with E-state index in [1.807, 2.05) is 0 Å². The molecule has 112 valence electrons. The summed E-state index contributed by atoms with van der Waals surface area (Å²) in [5.41, 5.74) is 0. The minimum absolute atomic E-state index is 0.440. The van der Waals surface area contributed by atoms with E-state index in [9.17, 15) is 19.7 Å². The number of nitro groups is 1. The summed E-state index contributed by atoms with van der Waals surface area (Å²) >= 11 is 0. The second-order valence-electron chi connectivity index (χ2n) is 5.37. The number of cyclic esters (lactones) is 1. The lowest BCUT2D eigenvalue weighted by molar-refractivity contribution is -0.486. The highest BCUT2D eigenvalue weighted by molar-refractivity contribution is 5.87. The summed E-state index contributed by atoms with van der Waals surface area (Å²) in [6.07, 6.45) is 3.72. The molecule has 7 heteroatoms. The molecule has 0 saturated carbocycles. The summed E-state index contributed by atoms with van der Waals surface area (Å²) in [6, 6.07) is 0. The van der Waals surface area contributed by atoms with Crippen molar-refractivity contribution in [2.24, 2.45) is 11.8 Å². The average molecular weight is 285 g/mol. The maximum Gasteiger partial charge on any atom is 0.317 e. The van der Waals surface area contributed by atoms with Gasteiger partial charge in [0.1, 0.15) is 17.9 Å². The van der Waals surface area contributed by atoms with Crippen LogP contribution < -0.4 is 0 Å². The van der Waals surface area contributed by atoms with Gasteiger partial charge in [0.2, 0.25) is 6.54 Å². The molecule has 0 radical (unpaired) electrons. The number of esters is 2. The van der Waals surface area contributed by atoms with Gasteiger partial charge in [-0.25, -0.2) is 0 Å². The largest absolute Gasteiger partial charge is 0.458 e. The van der Waals surface area contributed by atoms with E-state index in [0.29, 0.717) is 6.42 Å². The number of fused-ring (bicyclic) bond motifs is 1. The Kier molecular flexibility index (Phi) is 4.57. The van der Waals surface area contributed by atoms with Crippen molar-refractivity contribution >= 4 is 11.9 Å². The van der Waals surface area contributed by atoms with E-state index >= 15 is 0 Å². The predicted octanol–water partition coefficient (Wildman–Crippen LogP) is 1.32. The molecule has 2 aliphatic rings. The van der Waals surface area contributed by atoms with Gasteiger partial charge in [0.15, 0.2) is 6.10 Å². The van der Waals surface area contributed by atoms with Gasteiger partial charge in [-0.1, -0.05) is 26.2 Å². The van der Waals surface area contributed by atoms with Gasteiger partial charge in [-0.15, -0.1) is 0 Å². The van der Waals surface area contributed by atoms with Gasteiger partial charge in [0.05, 0.1) is 0 Å². The van der Waals surface area contributed by atoms with Crippen LogP contribution in [0.25, 0.3) is 0 Å². The van der Waals surface area contributed by atoms with Crippen LogP contribution in [0.3, 0.4) is 0 Å². The van der Waals surface area contributed by atoms with Crippen molar-refractivity contribution in [3.63, 3.8) is 0 Å². The molecular formula is C13H19NO6. The molecule has 0 N–H and O–H groups in total. The summed E-state index contributed by atoms with van der Waals surface area (Å²) in [6.45, 7) is 1.53. The third-order valence-corrected chi connectivity index (χ3v) is 3.94. The Morgan fingerprint density at radius 3 is 2.55 bits per heavy atom. The number of unbranched alkanes of at least 4 members (excludes halogenated alkanes) is 3. The summed E-state index contributed by atoms with van der Waals surface area (Å²) in [7, 11) is 0. The van der Waals surface area contributed by atoms with Crippen LogP contribution in [0.5, 0.6) is 0 Å². The standard InChI is InChI=1S/C13H19NO6/c1-2-3-4-5-6-9-11-10(13(16)19-9)8(7-14(17)18)12(15)20-11/h8-11H,2-7H2,1H3/t8-,9+,10-,11-/m0/s1. The van der Waals surface area contributed by atoms with Crippen LogP contribution in [-0.4, -0.2) is 35.6 Å². The van der Waals surface area contributed by atoms with Crippen LogP contribution in [0, 0.1) is 22.0 Å². The molecule has 0 aliphatic carbocycles. The number of ether oxygens (including phenoxy) is 2. The zero-order valence-electron chi connectivity index (χ0n) is 11.4. The molecule has 20 heavy (non-hydrogen) atoms. The van der Waals surface area contributed by atoms with E-state index in [4.69, 9.17) is 9.47 Å². The fraction of sp³-hybridized carbons (Fsp3) is 0.846. The molecule has 7 nitrogen and oxygen atoms in total. The maximum absolute atomic E-state index is 11.8. The van der Waals surface area contributed by atoms with Crippen LogP contribution >= 0.6 is 0 Å². The number of nitrogens with zero attached hydrogens (tertiary/aromatic N) is 1. The molecule has 2 aliphatic heterocycles. The van der Waals surface area contributed by atoms with Gasteiger partial charge in [0, 0.05) is 4.92 Å². The molecule has 0 aromatic heterocycles. The van der Waals surface area contributed by atoms with Crippen LogP contribution in [-0.2, 0) is 19.1 Å². The van der Waals surface area contributed by atoms with Gasteiger partial charge in [-0.2, -0.15) is 0 Å². The van der Waals surface area contributed by atoms with Gasteiger partial charge >= 0.3 is 11.9 Å². The molecule has 0 amide bonds. The smallest absolute Gasteiger partial charge is 0.317 e. The van der Waals surface area contributed by atoms with Crippen molar-refractivity contribution in [2.45, 2.75) is 51.2 Å². The third kappa shape index (κ3) is 2.91. The first kappa shape index (κ1) is 14.7. The maximum atomic E-state index is 11.8. The first-order chi connectivity index (χ1) is 9.54. The van der Waals surface area contributed by atoms with Gasteiger partial charge in [0.25, 0.3) is 0 Å². The SMILES string of the molecule is CCCCCC[C@H]1OC(=O)[C@@H]2[C@H]1OC(=O)[C@H]2C[N+](=O)[O-]. The molecular weight excluding hydrogens is 266 g/mol. The molecule has 4 atom stereocenters. The van der Waals surface area contributed by atoms with E-state index in [1.165, 1.54) is 0 Å². The minimum atomic E-state index is -0.997. The number of hydrogen-bond acceptors (Lipinski definition) is 6. The Labute approximate surface area is 116 Å². The molecule has 0 unspecified atom stereocenters. The van der Waals surface area contributed by atoms with Gasteiger partial charge < -0.3 is 9.47 Å². The Morgan fingerprint density at radius 2 is 1.90 bits per heavy atom. The van der Waals surface area contributed by atoms with Gasteiger partial charge in [-0.3, -0.25) is 19.7 Å². The highest BCUT2D eigenvalue weighted by Crippen LogP contribution is 2.39. The molecule has 2 heterocycles. The summed E-state index contributed by atoms with van der Waals surface area (Å²) in [5, 5.41) is 10.6. The van der Waals surface area contributed by atoms with Crippen LogP contribution in [0.4, 0.5) is 0 Å². The average Bonchev–Trinajstić information content (AvgIpc) is 2.84. The van der Waals surface area contributed by atoms with E-state index in [2.05, 4.69) is 6.92 Å². The van der Waals surface area contributed by atoms with Gasteiger partial charge in [-0.05, 0) is 12.8 Å². The number of hydrogen-bond donors (Lipinski definition) is 0. The number of carbonyl (C=O) groups excluding carboxylic acids is 2. The highest BCUT2D eigenvalue weighted by atomic mass is 16.6. The predicted molar refractivity (Wildman–Crippen MR) is 67.4 cm³/mol. The highest BCUT2D eigenvalue weighted by Gasteiger charge is 2.59.